The first-order valence-electron chi connectivity index (χ1n) is 8.48. The predicted octanol–water partition coefficient (Wildman–Crippen LogP) is 3.80. The quantitative estimate of drug-likeness (QED) is 0.717. The van der Waals surface area contributed by atoms with Crippen molar-refractivity contribution in [1.82, 2.24) is 4.72 Å². The zero-order valence-corrected chi connectivity index (χ0v) is 16.0. The molecule has 2 rings (SSSR count). The molecule has 0 aromatic heterocycles. The molecule has 0 spiro atoms. The average Bonchev–Trinajstić information content (AvgIpc) is 2.58. The number of ether oxygens (including phenoxy) is 2. The van der Waals surface area contributed by atoms with Crippen LogP contribution in [0.25, 0.3) is 0 Å². The van der Waals surface area contributed by atoms with Crippen molar-refractivity contribution in [3.05, 3.63) is 59.4 Å². The Balaban J connectivity index is 2.13. The van der Waals surface area contributed by atoms with E-state index in [1.807, 2.05) is 13.8 Å². The summed E-state index contributed by atoms with van der Waals surface area (Å²) >= 11 is 0. The van der Waals surface area contributed by atoms with E-state index in [4.69, 9.17) is 9.47 Å². The van der Waals surface area contributed by atoms with Crippen LogP contribution in [0.5, 0.6) is 11.5 Å². The fourth-order valence-corrected chi connectivity index (χ4v) is 3.91. The number of benzene rings is 2. The SMILES string of the molecule is CCOc1ccc(C(C)NS(=O)(=O)Cc2ccc(F)cc2)cc1OCC. The maximum atomic E-state index is 13.0. The van der Waals surface area contributed by atoms with Gasteiger partial charge in [0.15, 0.2) is 11.5 Å². The zero-order valence-electron chi connectivity index (χ0n) is 15.2. The molecule has 142 valence electrons. The third-order valence-corrected chi connectivity index (χ3v) is 5.12. The predicted molar refractivity (Wildman–Crippen MR) is 99.4 cm³/mol. The van der Waals surface area contributed by atoms with Crippen molar-refractivity contribution in [1.29, 1.82) is 0 Å². The summed E-state index contributed by atoms with van der Waals surface area (Å²) in [6, 6.07) is 10.3. The second-order valence-corrected chi connectivity index (χ2v) is 7.55. The normalized spacial score (nSPS) is 12.6. The molecule has 0 amide bonds. The first-order valence-corrected chi connectivity index (χ1v) is 10.1. The van der Waals surface area contributed by atoms with Crippen LogP contribution >= 0.6 is 0 Å². The third kappa shape index (κ3) is 5.71. The Morgan fingerprint density at radius 1 is 1.00 bits per heavy atom. The van der Waals surface area contributed by atoms with Crippen molar-refractivity contribution in [3.63, 3.8) is 0 Å². The molecule has 1 atom stereocenters. The summed E-state index contributed by atoms with van der Waals surface area (Å²) in [6.45, 7) is 6.51. The zero-order chi connectivity index (χ0) is 19.2. The Morgan fingerprint density at radius 3 is 2.23 bits per heavy atom. The van der Waals surface area contributed by atoms with Gasteiger partial charge in [0.1, 0.15) is 5.82 Å². The molecular formula is C19H24FNO4S. The van der Waals surface area contributed by atoms with Gasteiger partial charge in [-0.05, 0) is 56.2 Å². The first-order chi connectivity index (χ1) is 12.3. The highest BCUT2D eigenvalue weighted by atomic mass is 32.2. The highest BCUT2D eigenvalue weighted by molar-refractivity contribution is 7.88. The Labute approximate surface area is 154 Å². The van der Waals surface area contributed by atoms with Crippen LogP contribution in [-0.2, 0) is 15.8 Å². The highest BCUT2D eigenvalue weighted by Crippen LogP contribution is 2.31. The molecule has 0 aliphatic carbocycles. The fraction of sp³-hybridized carbons (Fsp3) is 0.368. The van der Waals surface area contributed by atoms with Crippen LogP contribution in [0, 0.1) is 5.82 Å². The summed E-state index contributed by atoms with van der Waals surface area (Å²) in [4.78, 5) is 0. The van der Waals surface area contributed by atoms with E-state index >= 15 is 0 Å². The minimum Gasteiger partial charge on any atom is -0.490 e. The second-order valence-electron chi connectivity index (χ2n) is 5.80. The molecule has 0 fully saturated rings. The number of hydrogen-bond acceptors (Lipinski definition) is 4. The summed E-state index contributed by atoms with van der Waals surface area (Å²) in [7, 11) is -3.58. The van der Waals surface area contributed by atoms with Crippen LogP contribution in [0.15, 0.2) is 42.5 Å². The topological polar surface area (TPSA) is 64.6 Å². The summed E-state index contributed by atoms with van der Waals surface area (Å²) in [5, 5.41) is 0. The van der Waals surface area contributed by atoms with Gasteiger partial charge in [-0.1, -0.05) is 18.2 Å². The van der Waals surface area contributed by atoms with Gasteiger partial charge < -0.3 is 9.47 Å². The first kappa shape index (κ1) is 20.2. The van der Waals surface area contributed by atoms with E-state index in [0.717, 1.165) is 5.56 Å². The van der Waals surface area contributed by atoms with Crippen LogP contribution in [0.3, 0.4) is 0 Å². The molecular weight excluding hydrogens is 357 g/mol. The van der Waals surface area contributed by atoms with Crippen LogP contribution < -0.4 is 14.2 Å². The lowest BCUT2D eigenvalue weighted by molar-refractivity contribution is 0.287. The van der Waals surface area contributed by atoms with Gasteiger partial charge in [-0.15, -0.1) is 0 Å². The van der Waals surface area contributed by atoms with Crippen LogP contribution in [0.1, 0.15) is 37.9 Å². The molecule has 1 unspecified atom stereocenters. The van der Waals surface area contributed by atoms with Gasteiger partial charge in [0, 0.05) is 6.04 Å². The molecule has 2 aromatic carbocycles. The maximum absolute atomic E-state index is 13.0. The van der Waals surface area contributed by atoms with Crippen LogP contribution in [0.2, 0.25) is 0 Å². The summed E-state index contributed by atoms with van der Waals surface area (Å²) in [6.07, 6.45) is 0. The van der Waals surface area contributed by atoms with Crippen molar-refractivity contribution >= 4 is 10.0 Å². The minimum atomic E-state index is -3.58. The smallest absolute Gasteiger partial charge is 0.216 e. The maximum Gasteiger partial charge on any atom is 0.216 e. The Bertz CT molecular complexity index is 822. The van der Waals surface area contributed by atoms with E-state index in [2.05, 4.69) is 4.72 Å². The number of hydrogen-bond donors (Lipinski definition) is 1. The van der Waals surface area contributed by atoms with E-state index in [1.165, 1.54) is 24.3 Å². The van der Waals surface area contributed by atoms with Crippen molar-refractivity contribution in [2.24, 2.45) is 0 Å². The summed E-state index contributed by atoms with van der Waals surface area (Å²) < 4.78 is 51.5. The highest BCUT2D eigenvalue weighted by Gasteiger charge is 2.18. The lowest BCUT2D eigenvalue weighted by Crippen LogP contribution is -2.28. The Kier molecular flexibility index (Phi) is 6.99. The molecule has 0 bridgehead atoms. The van der Waals surface area contributed by atoms with Gasteiger partial charge in [-0.3, -0.25) is 0 Å². The molecule has 0 radical (unpaired) electrons. The van der Waals surface area contributed by atoms with E-state index in [9.17, 15) is 12.8 Å². The number of nitrogens with one attached hydrogen (secondary N) is 1. The van der Waals surface area contributed by atoms with E-state index in [-0.39, 0.29) is 5.75 Å². The molecule has 0 heterocycles. The van der Waals surface area contributed by atoms with Crippen molar-refractivity contribution in [2.45, 2.75) is 32.6 Å². The lowest BCUT2D eigenvalue weighted by atomic mass is 10.1. The standard InChI is InChI=1S/C19H24FNO4S/c1-4-24-18-11-8-16(12-19(18)25-5-2)14(3)21-26(22,23)13-15-6-9-17(20)10-7-15/h6-12,14,21H,4-5,13H2,1-3H3. The molecule has 1 N–H and O–H groups in total. The Morgan fingerprint density at radius 2 is 1.62 bits per heavy atom. The van der Waals surface area contributed by atoms with Crippen LogP contribution in [-0.4, -0.2) is 21.6 Å². The third-order valence-electron chi connectivity index (χ3n) is 3.69. The molecule has 0 aliphatic heterocycles. The number of sulfonamides is 1. The van der Waals surface area contributed by atoms with Gasteiger partial charge in [0.05, 0.1) is 19.0 Å². The Hall–Kier alpha value is -2.12. The largest absolute Gasteiger partial charge is 0.490 e. The van der Waals surface area contributed by atoms with E-state index in [1.54, 1.807) is 25.1 Å². The number of rotatable bonds is 9. The summed E-state index contributed by atoms with van der Waals surface area (Å²) in [5.41, 5.74) is 1.28. The van der Waals surface area contributed by atoms with Crippen LogP contribution in [0.4, 0.5) is 4.39 Å². The van der Waals surface area contributed by atoms with Gasteiger partial charge in [-0.25, -0.2) is 17.5 Å². The van der Waals surface area contributed by atoms with Crippen molar-refractivity contribution in [2.75, 3.05) is 13.2 Å². The van der Waals surface area contributed by atoms with Crippen molar-refractivity contribution < 1.29 is 22.3 Å². The number of halogens is 1. The molecule has 0 aliphatic rings. The van der Waals surface area contributed by atoms with Gasteiger partial charge in [0.2, 0.25) is 10.0 Å². The molecule has 0 saturated carbocycles. The molecule has 2 aromatic rings. The fourth-order valence-electron chi connectivity index (χ4n) is 2.52. The van der Waals surface area contributed by atoms with Gasteiger partial charge >= 0.3 is 0 Å². The van der Waals surface area contributed by atoms with Crippen molar-refractivity contribution in [3.8, 4) is 11.5 Å². The molecule has 26 heavy (non-hydrogen) atoms. The minimum absolute atomic E-state index is 0.215. The van der Waals surface area contributed by atoms with Gasteiger partial charge in [-0.2, -0.15) is 0 Å². The average molecular weight is 381 g/mol. The molecule has 7 heteroatoms. The second kappa shape index (κ2) is 9.00. The van der Waals surface area contributed by atoms with E-state index in [0.29, 0.717) is 30.3 Å². The molecule has 0 saturated heterocycles. The molecule has 5 nitrogen and oxygen atoms in total. The van der Waals surface area contributed by atoms with E-state index < -0.39 is 21.9 Å². The lowest BCUT2D eigenvalue weighted by Gasteiger charge is -2.17. The monoisotopic (exact) mass is 381 g/mol. The van der Waals surface area contributed by atoms with Gasteiger partial charge in [0.25, 0.3) is 0 Å². The summed E-state index contributed by atoms with van der Waals surface area (Å²) in [5.74, 6) is 0.591.